The molecule has 2 aromatic rings. The number of halogens is 1. The fourth-order valence-electron chi connectivity index (χ4n) is 1.78. The van der Waals surface area contributed by atoms with Crippen molar-refractivity contribution < 1.29 is 4.39 Å². The van der Waals surface area contributed by atoms with E-state index in [1.54, 1.807) is 12.1 Å². The maximum atomic E-state index is 12.7. The zero-order valence-corrected chi connectivity index (χ0v) is 9.07. The molecule has 1 aromatic heterocycles. The van der Waals surface area contributed by atoms with E-state index < -0.39 is 0 Å². The van der Waals surface area contributed by atoms with Gasteiger partial charge < -0.3 is 10.6 Å². The largest absolute Gasteiger partial charge is 0.324 e. The third-order valence-electron chi connectivity index (χ3n) is 2.66. The summed E-state index contributed by atoms with van der Waals surface area (Å²) in [6.07, 6.45) is 1.81. The molecule has 0 amide bonds. The van der Waals surface area contributed by atoms with Crippen LogP contribution in [0.25, 0.3) is 0 Å². The molecule has 0 radical (unpaired) electrons. The van der Waals surface area contributed by atoms with Gasteiger partial charge in [-0.15, -0.1) is 0 Å². The molecule has 1 aromatic carbocycles. The van der Waals surface area contributed by atoms with Crippen molar-refractivity contribution in [3.63, 3.8) is 0 Å². The monoisotopic (exact) mass is 230 g/mol. The van der Waals surface area contributed by atoms with Crippen molar-refractivity contribution in [2.45, 2.75) is 13.1 Å². The first kappa shape index (κ1) is 10.2. The minimum absolute atomic E-state index is 0.255. The van der Waals surface area contributed by atoms with Crippen molar-refractivity contribution in [1.29, 1.82) is 0 Å². The van der Waals surface area contributed by atoms with E-state index in [9.17, 15) is 4.39 Å². The highest BCUT2D eigenvalue weighted by molar-refractivity contribution is 5.53. The van der Waals surface area contributed by atoms with Gasteiger partial charge in [-0.1, -0.05) is 0 Å². The molecule has 0 atom stereocenters. The molecule has 0 aliphatic carbocycles. The van der Waals surface area contributed by atoms with Crippen molar-refractivity contribution in [3.8, 4) is 0 Å². The molecule has 1 aliphatic rings. The van der Waals surface area contributed by atoms with Gasteiger partial charge in [0.15, 0.2) is 0 Å². The van der Waals surface area contributed by atoms with Crippen LogP contribution in [0.3, 0.4) is 0 Å². The average molecular weight is 230 g/mol. The molecule has 86 valence electrons. The standard InChI is InChI=1S/C12H11FN4/c13-9-1-3-10(4-2-9)16-12-15-6-8-5-14-7-11(8)17-12/h1-4,6,14H,5,7H2,(H,15,16,17). The van der Waals surface area contributed by atoms with E-state index in [0.29, 0.717) is 5.95 Å². The third kappa shape index (κ3) is 2.09. The third-order valence-corrected chi connectivity index (χ3v) is 2.66. The summed E-state index contributed by atoms with van der Waals surface area (Å²) in [6, 6.07) is 6.11. The Bertz CT molecular complexity index is 539. The van der Waals surface area contributed by atoms with Crippen LogP contribution < -0.4 is 10.6 Å². The van der Waals surface area contributed by atoms with E-state index in [2.05, 4.69) is 20.6 Å². The molecule has 4 nitrogen and oxygen atoms in total. The maximum absolute atomic E-state index is 12.7. The zero-order valence-electron chi connectivity index (χ0n) is 9.07. The van der Waals surface area contributed by atoms with E-state index >= 15 is 0 Å². The van der Waals surface area contributed by atoms with Crippen LogP contribution in [-0.2, 0) is 13.1 Å². The summed E-state index contributed by atoms with van der Waals surface area (Å²) in [6.45, 7) is 1.60. The van der Waals surface area contributed by atoms with Crippen molar-refractivity contribution in [3.05, 3.63) is 47.5 Å². The van der Waals surface area contributed by atoms with Gasteiger partial charge >= 0.3 is 0 Å². The van der Waals surface area contributed by atoms with Crippen molar-refractivity contribution in [2.75, 3.05) is 5.32 Å². The molecule has 2 heterocycles. The van der Waals surface area contributed by atoms with Crippen LogP contribution in [0.1, 0.15) is 11.3 Å². The van der Waals surface area contributed by atoms with Gasteiger partial charge in [0.1, 0.15) is 5.82 Å². The van der Waals surface area contributed by atoms with Gasteiger partial charge in [-0.05, 0) is 24.3 Å². The molecular weight excluding hydrogens is 219 g/mol. The van der Waals surface area contributed by atoms with E-state index in [1.807, 2.05) is 6.20 Å². The Hall–Kier alpha value is -2.01. The van der Waals surface area contributed by atoms with Crippen LogP contribution in [0.2, 0.25) is 0 Å². The lowest BCUT2D eigenvalue weighted by Crippen LogP contribution is -2.01. The van der Waals surface area contributed by atoms with Crippen molar-refractivity contribution in [1.82, 2.24) is 15.3 Å². The molecule has 0 saturated carbocycles. The number of hydrogen-bond donors (Lipinski definition) is 2. The molecule has 5 heteroatoms. The smallest absolute Gasteiger partial charge is 0.227 e. The summed E-state index contributed by atoms with van der Waals surface area (Å²) in [5.41, 5.74) is 2.93. The number of nitrogens with one attached hydrogen (secondary N) is 2. The summed E-state index contributed by atoms with van der Waals surface area (Å²) < 4.78 is 12.7. The number of anilines is 2. The van der Waals surface area contributed by atoms with Crippen LogP contribution in [0.5, 0.6) is 0 Å². The second-order valence-electron chi connectivity index (χ2n) is 3.90. The average Bonchev–Trinajstić information content (AvgIpc) is 2.79. The minimum Gasteiger partial charge on any atom is -0.324 e. The first-order valence-electron chi connectivity index (χ1n) is 5.39. The van der Waals surface area contributed by atoms with Gasteiger partial charge in [0.25, 0.3) is 0 Å². The Morgan fingerprint density at radius 2 is 2.00 bits per heavy atom. The Morgan fingerprint density at radius 1 is 1.18 bits per heavy atom. The van der Waals surface area contributed by atoms with Crippen LogP contribution >= 0.6 is 0 Å². The molecule has 0 fully saturated rings. The number of hydrogen-bond acceptors (Lipinski definition) is 4. The van der Waals surface area contributed by atoms with Gasteiger partial charge in [-0.25, -0.2) is 14.4 Å². The summed E-state index contributed by atoms with van der Waals surface area (Å²) in [5, 5.41) is 6.25. The number of benzene rings is 1. The van der Waals surface area contributed by atoms with Gasteiger partial charge in [-0.3, -0.25) is 0 Å². The summed E-state index contributed by atoms with van der Waals surface area (Å²) in [5.74, 6) is 0.286. The highest BCUT2D eigenvalue weighted by Crippen LogP contribution is 2.17. The molecule has 0 bridgehead atoms. The van der Waals surface area contributed by atoms with Crippen LogP contribution in [0.4, 0.5) is 16.0 Å². The summed E-state index contributed by atoms with van der Waals surface area (Å²) >= 11 is 0. The van der Waals surface area contributed by atoms with Gasteiger partial charge in [0.05, 0.1) is 5.69 Å². The quantitative estimate of drug-likeness (QED) is 0.828. The fourth-order valence-corrected chi connectivity index (χ4v) is 1.78. The summed E-state index contributed by atoms with van der Waals surface area (Å²) in [4.78, 5) is 8.60. The molecule has 0 saturated heterocycles. The number of nitrogens with zero attached hydrogens (tertiary/aromatic N) is 2. The van der Waals surface area contributed by atoms with Gasteiger partial charge in [0, 0.05) is 30.5 Å². The van der Waals surface area contributed by atoms with E-state index in [4.69, 9.17) is 0 Å². The van der Waals surface area contributed by atoms with E-state index in [1.165, 1.54) is 12.1 Å². The first-order chi connectivity index (χ1) is 8.31. The lowest BCUT2D eigenvalue weighted by molar-refractivity contribution is 0.628. The van der Waals surface area contributed by atoms with Gasteiger partial charge in [-0.2, -0.15) is 0 Å². The highest BCUT2D eigenvalue weighted by Gasteiger charge is 2.12. The number of rotatable bonds is 2. The second-order valence-corrected chi connectivity index (χ2v) is 3.90. The van der Waals surface area contributed by atoms with Crippen molar-refractivity contribution >= 4 is 11.6 Å². The van der Waals surface area contributed by atoms with E-state index in [-0.39, 0.29) is 5.82 Å². The highest BCUT2D eigenvalue weighted by atomic mass is 19.1. The number of fused-ring (bicyclic) bond motifs is 1. The van der Waals surface area contributed by atoms with Gasteiger partial charge in [0.2, 0.25) is 5.95 Å². The lowest BCUT2D eigenvalue weighted by Gasteiger charge is -2.05. The SMILES string of the molecule is Fc1ccc(Nc2ncc3c(n2)CNC3)cc1. The first-order valence-corrected chi connectivity index (χ1v) is 5.39. The van der Waals surface area contributed by atoms with E-state index in [0.717, 1.165) is 30.0 Å². The molecule has 2 N–H and O–H groups in total. The minimum atomic E-state index is -0.255. The molecule has 17 heavy (non-hydrogen) atoms. The lowest BCUT2D eigenvalue weighted by atomic mass is 10.3. The topological polar surface area (TPSA) is 49.8 Å². The molecule has 1 aliphatic heterocycles. The predicted octanol–water partition coefficient (Wildman–Crippen LogP) is 1.96. The Morgan fingerprint density at radius 3 is 2.82 bits per heavy atom. The molecule has 0 spiro atoms. The molecule has 0 unspecified atom stereocenters. The normalized spacial score (nSPS) is 13.5. The van der Waals surface area contributed by atoms with Crippen molar-refractivity contribution in [2.24, 2.45) is 0 Å². The number of aromatic nitrogens is 2. The second kappa shape index (κ2) is 4.10. The Balaban J connectivity index is 1.83. The maximum Gasteiger partial charge on any atom is 0.227 e. The van der Waals surface area contributed by atoms with Crippen LogP contribution in [-0.4, -0.2) is 9.97 Å². The predicted molar refractivity (Wildman–Crippen MR) is 62.3 cm³/mol. The molecule has 3 rings (SSSR count). The zero-order chi connectivity index (χ0) is 11.7. The van der Waals surface area contributed by atoms with Crippen LogP contribution in [0.15, 0.2) is 30.5 Å². The van der Waals surface area contributed by atoms with Crippen LogP contribution in [0, 0.1) is 5.82 Å². The summed E-state index contributed by atoms with van der Waals surface area (Å²) in [7, 11) is 0. The fraction of sp³-hybridized carbons (Fsp3) is 0.167. The Kier molecular flexibility index (Phi) is 2.45. The molecular formula is C12H11FN4. The Labute approximate surface area is 97.9 Å².